The van der Waals surface area contributed by atoms with E-state index < -0.39 is 4.92 Å². The van der Waals surface area contributed by atoms with Crippen molar-refractivity contribution in [1.82, 2.24) is 15.3 Å². The number of rotatable bonds is 7. The number of anilines is 2. The highest BCUT2D eigenvalue weighted by Gasteiger charge is 2.22. The van der Waals surface area contributed by atoms with Crippen molar-refractivity contribution < 1.29 is 9.72 Å². The lowest BCUT2D eigenvalue weighted by atomic mass is 10.3. The number of carbonyl (C=O) groups is 1. The van der Waals surface area contributed by atoms with Gasteiger partial charge in [-0.15, -0.1) is 0 Å². The van der Waals surface area contributed by atoms with Gasteiger partial charge in [-0.3, -0.25) is 14.9 Å². The fourth-order valence-electron chi connectivity index (χ4n) is 1.37. The maximum Gasteiger partial charge on any atom is 0.354 e. The average molecular weight is 269 g/mol. The first-order valence-electron chi connectivity index (χ1n) is 5.56. The molecule has 0 saturated carbocycles. The molecular weight excluding hydrogens is 254 g/mol. The van der Waals surface area contributed by atoms with Crippen LogP contribution in [0.1, 0.15) is 13.3 Å². The van der Waals surface area contributed by atoms with Gasteiger partial charge in [-0.25, -0.2) is 15.8 Å². The number of nitrogens with two attached hydrogens (primary N) is 1. The first-order valence-corrected chi connectivity index (χ1v) is 5.56. The Bertz CT molecular complexity index is 465. The number of nitrogen functional groups attached to an aromatic ring is 1. The number of nitrogens with zero attached hydrogens (tertiary/aromatic N) is 3. The van der Waals surface area contributed by atoms with Crippen molar-refractivity contribution in [3.63, 3.8) is 0 Å². The van der Waals surface area contributed by atoms with Crippen molar-refractivity contribution in [2.45, 2.75) is 13.3 Å². The minimum Gasteiger partial charge on any atom is -0.364 e. The molecule has 1 aromatic heterocycles. The molecule has 19 heavy (non-hydrogen) atoms. The van der Waals surface area contributed by atoms with Crippen molar-refractivity contribution in [3.05, 3.63) is 16.4 Å². The van der Waals surface area contributed by atoms with Crippen LogP contribution in [0.3, 0.4) is 0 Å². The molecule has 0 fully saturated rings. The predicted octanol–water partition coefficient (Wildman–Crippen LogP) is -0.391. The molecule has 0 aliphatic carbocycles. The lowest BCUT2D eigenvalue weighted by molar-refractivity contribution is -0.383. The molecule has 10 heteroatoms. The summed E-state index contributed by atoms with van der Waals surface area (Å²) in [5.41, 5.74) is 1.76. The highest BCUT2D eigenvalue weighted by atomic mass is 16.6. The number of carbonyl (C=O) groups excluding carboxylic acids is 1. The Hall–Kier alpha value is -2.49. The molecule has 1 heterocycles. The van der Waals surface area contributed by atoms with Crippen molar-refractivity contribution in [2.24, 2.45) is 5.84 Å². The van der Waals surface area contributed by atoms with Crippen molar-refractivity contribution in [2.75, 3.05) is 23.8 Å². The minimum absolute atomic E-state index is 0.0113. The number of hydrazine groups is 1. The van der Waals surface area contributed by atoms with E-state index in [-0.39, 0.29) is 36.2 Å². The summed E-state index contributed by atoms with van der Waals surface area (Å²) in [6.45, 7) is 2.56. The van der Waals surface area contributed by atoms with E-state index in [9.17, 15) is 14.9 Å². The molecule has 0 aromatic carbocycles. The fraction of sp³-hybridized carbons (Fsp3) is 0.444. The number of amides is 1. The summed E-state index contributed by atoms with van der Waals surface area (Å²) in [7, 11) is 0. The topological polar surface area (TPSA) is 148 Å². The monoisotopic (exact) mass is 269 g/mol. The number of nitro groups is 1. The van der Waals surface area contributed by atoms with Crippen LogP contribution in [0.25, 0.3) is 0 Å². The zero-order valence-electron chi connectivity index (χ0n) is 10.3. The molecule has 104 valence electrons. The fourth-order valence-corrected chi connectivity index (χ4v) is 1.37. The second-order valence-electron chi connectivity index (χ2n) is 3.45. The van der Waals surface area contributed by atoms with Gasteiger partial charge in [0.25, 0.3) is 0 Å². The summed E-state index contributed by atoms with van der Waals surface area (Å²) in [6, 6.07) is 0. The summed E-state index contributed by atoms with van der Waals surface area (Å²) in [5.74, 6) is 4.90. The van der Waals surface area contributed by atoms with E-state index in [1.807, 2.05) is 0 Å². The molecule has 1 aromatic rings. The molecule has 0 aliphatic heterocycles. The Morgan fingerprint density at radius 2 is 2.16 bits per heavy atom. The maximum atomic E-state index is 11.2. The van der Waals surface area contributed by atoms with Crippen LogP contribution in [0.4, 0.5) is 17.3 Å². The number of hydrogen-bond acceptors (Lipinski definition) is 8. The summed E-state index contributed by atoms with van der Waals surface area (Å²) in [6.07, 6.45) is 1.32. The Morgan fingerprint density at radius 1 is 1.47 bits per heavy atom. The Morgan fingerprint density at radius 3 is 2.74 bits per heavy atom. The zero-order chi connectivity index (χ0) is 14.3. The standard InChI is InChI=1S/C9H15N7O3/c1-2-11-6(17)3-4-12-8-7(16(18)19)9(15-10)14-5-13-8/h5H,2-4,10H2,1H3,(H,11,17)(H2,12,13,14,15). The van der Waals surface area contributed by atoms with Crippen LogP contribution in [0, 0.1) is 10.1 Å². The largest absolute Gasteiger partial charge is 0.364 e. The van der Waals surface area contributed by atoms with Gasteiger partial charge in [-0.2, -0.15) is 0 Å². The van der Waals surface area contributed by atoms with Gasteiger partial charge in [0.2, 0.25) is 17.5 Å². The zero-order valence-corrected chi connectivity index (χ0v) is 10.3. The maximum absolute atomic E-state index is 11.2. The van der Waals surface area contributed by atoms with E-state index >= 15 is 0 Å². The van der Waals surface area contributed by atoms with Gasteiger partial charge in [-0.05, 0) is 6.92 Å². The molecule has 0 unspecified atom stereocenters. The van der Waals surface area contributed by atoms with E-state index in [2.05, 4.69) is 26.0 Å². The van der Waals surface area contributed by atoms with E-state index in [4.69, 9.17) is 5.84 Å². The number of hydrogen-bond donors (Lipinski definition) is 4. The molecule has 0 atom stereocenters. The van der Waals surface area contributed by atoms with Gasteiger partial charge < -0.3 is 16.1 Å². The third-order valence-corrected chi connectivity index (χ3v) is 2.16. The molecule has 0 spiro atoms. The third kappa shape index (κ3) is 4.03. The van der Waals surface area contributed by atoms with Gasteiger partial charge in [0, 0.05) is 19.5 Å². The van der Waals surface area contributed by atoms with E-state index in [1.165, 1.54) is 0 Å². The minimum atomic E-state index is -0.649. The SMILES string of the molecule is CCNC(=O)CCNc1ncnc(NN)c1[N+](=O)[O-]. The van der Waals surface area contributed by atoms with E-state index in [0.29, 0.717) is 6.54 Å². The quantitative estimate of drug-likeness (QED) is 0.297. The third-order valence-electron chi connectivity index (χ3n) is 2.16. The van der Waals surface area contributed by atoms with E-state index in [1.54, 1.807) is 6.92 Å². The van der Waals surface area contributed by atoms with Crippen molar-refractivity contribution >= 4 is 23.2 Å². The smallest absolute Gasteiger partial charge is 0.354 e. The molecule has 0 saturated heterocycles. The lowest BCUT2D eigenvalue weighted by Crippen LogP contribution is -2.25. The highest BCUT2D eigenvalue weighted by molar-refractivity contribution is 5.76. The van der Waals surface area contributed by atoms with Crippen LogP contribution >= 0.6 is 0 Å². The average Bonchev–Trinajstić information content (AvgIpc) is 2.38. The Labute approximate surface area is 108 Å². The van der Waals surface area contributed by atoms with Gasteiger partial charge >= 0.3 is 5.69 Å². The summed E-state index contributed by atoms with van der Waals surface area (Å²) in [5, 5.41) is 16.2. The molecule has 10 nitrogen and oxygen atoms in total. The second-order valence-corrected chi connectivity index (χ2v) is 3.45. The number of aromatic nitrogens is 2. The first-order chi connectivity index (χ1) is 9.10. The van der Waals surface area contributed by atoms with Crippen LogP contribution in [0.15, 0.2) is 6.33 Å². The van der Waals surface area contributed by atoms with Crippen molar-refractivity contribution in [3.8, 4) is 0 Å². The molecule has 0 aliphatic rings. The molecular formula is C9H15N7O3. The molecule has 1 amide bonds. The number of nitrogens with one attached hydrogen (secondary N) is 3. The van der Waals surface area contributed by atoms with Gasteiger partial charge in [0.1, 0.15) is 6.33 Å². The Balaban J connectivity index is 2.73. The molecule has 0 radical (unpaired) electrons. The summed E-state index contributed by atoms with van der Waals surface area (Å²) < 4.78 is 0. The Kier molecular flexibility index (Phi) is 5.41. The van der Waals surface area contributed by atoms with Gasteiger partial charge in [0.15, 0.2) is 0 Å². The van der Waals surface area contributed by atoms with Crippen LogP contribution in [0.2, 0.25) is 0 Å². The molecule has 5 N–H and O–H groups in total. The summed E-state index contributed by atoms with van der Waals surface area (Å²) in [4.78, 5) is 28.9. The van der Waals surface area contributed by atoms with Crippen LogP contribution < -0.4 is 21.9 Å². The van der Waals surface area contributed by atoms with Gasteiger partial charge in [-0.1, -0.05) is 0 Å². The van der Waals surface area contributed by atoms with Crippen LogP contribution in [-0.4, -0.2) is 33.9 Å². The second kappa shape index (κ2) is 7.06. The normalized spacial score (nSPS) is 9.79. The van der Waals surface area contributed by atoms with Crippen LogP contribution in [0.5, 0.6) is 0 Å². The predicted molar refractivity (Wildman–Crippen MR) is 68.3 cm³/mol. The first kappa shape index (κ1) is 14.6. The van der Waals surface area contributed by atoms with Crippen molar-refractivity contribution in [1.29, 1.82) is 0 Å². The molecule has 1 rings (SSSR count). The van der Waals surface area contributed by atoms with Crippen LogP contribution in [-0.2, 0) is 4.79 Å². The highest BCUT2D eigenvalue weighted by Crippen LogP contribution is 2.27. The summed E-state index contributed by atoms with van der Waals surface area (Å²) >= 11 is 0. The lowest BCUT2D eigenvalue weighted by Gasteiger charge is -2.07. The molecule has 0 bridgehead atoms. The van der Waals surface area contributed by atoms with Gasteiger partial charge in [0.05, 0.1) is 4.92 Å². The van der Waals surface area contributed by atoms with E-state index in [0.717, 1.165) is 6.33 Å².